The molecule has 8 heteroatoms. The summed E-state index contributed by atoms with van der Waals surface area (Å²) in [5, 5.41) is 0.953. The van der Waals surface area contributed by atoms with Crippen LogP contribution in [0.15, 0.2) is 100 Å². The quantitative estimate of drug-likeness (QED) is 0.216. The van der Waals surface area contributed by atoms with Crippen molar-refractivity contribution in [1.29, 1.82) is 0 Å². The van der Waals surface area contributed by atoms with Gasteiger partial charge in [-0.15, -0.1) is 0 Å². The van der Waals surface area contributed by atoms with E-state index in [9.17, 15) is 14.0 Å². The fourth-order valence-corrected chi connectivity index (χ4v) is 6.68. The first-order valence-electron chi connectivity index (χ1n) is 14.4. The van der Waals surface area contributed by atoms with Crippen molar-refractivity contribution < 1.29 is 13.9 Å². The number of esters is 1. The monoisotopic (exact) mass is 593 g/mol. The number of hydrogen-bond donors (Lipinski definition) is 0. The molecule has 1 aliphatic heterocycles. The summed E-state index contributed by atoms with van der Waals surface area (Å²) < 4.78 is 24.0. The second-order valence-electron chi connectivity index (χ2n) is 10.9. The Labute approximate surface area is 252 Å². The summed E-state index contributed by atoms with van der Waals surface area (Å²) in [6.07, 6.45) is 3.82. The van der Waals surface area contributed by atoms with Crippen LogP contribution < -0.4 is 14.9 Å². The van der Waals surface area contributed by atoms with Crippen LogP contribution >= 0.6 is 11.3 Å². The first kappa shape index (κ1) is 28.6. The lowest BCUT2D eigenvalue weighted by molar-refractivity contribution is -0.139. The van der Waals surface area contributed by atoms with Crippen molar-refractivity contribution in [3.63, 3.8) is 0 Å². The van der Waals surface area contributed by atoms with Crippen LogP contribution in [-0.2, 0) is 16.1 Å². The molecule has 0 amide bonds. The Morgan fingerprint density at radius 3 is 2.51 bits per heavy atom. The van der Waals surface area contributed by atoms with Gasteiger partial charge in [-0.2, -0.15) is 0 Å². The second kappa shape index (κ2) is 11.6. The van der Waals surface area contributed by atoms with Gasteiger partial charge in [0.25, 0.3) is 5.56 Å². The lowest BCUT2D eigenvalue weighted by atomic mass is 9.93. The molecule has 0 bridgehead atoms. The maximum Gasteiger partial charge on any atom is 0.338 e. The van der Waals surface area contributed by atoms with E-state index in [1.807, 2.05) is 71.4 Å². The number of aromatic nitrogens is 2. The highest BCUT2D eigenvalue weighted by Crippen LogP contribution is 2.32. The van der Waals surface area contributed by atoms with Crippen LogP contribution in [0.25, 0.3) is 17.0 Å². The maximum absolute atomic E-state index is 14.5. The van der Waals surface area contributed by atoms with Crippen LogP contribution in [0.3, 0.4) is 0 Å². The van der Waals surface area contributed by atoms with E-state index in [4.69, 9.17) is 9.73 Å². The Morgan fingerprint density at radius 1 is 1.07 bits per heavy atom. The molecule has 0 spiro atoms. The van der Waals surface area contributed by atoms with Crippen LogP contribution in [0, 0.1) is 5.82 Å². The van der Waals surface area contributed by atoms with Crippen molar-refractivity contribution in [3.8, 4) is 0 Å². The molecule has 2 aromatic heterocycles. The van der Waals surface area contributed by atoms with Gasteiger partial charge in [0.15, 0.2) is 4.80 Å². The summed E-state index contributed by atoms with van der Waals surface area (Å²) in [5.41, 5.74) is 5.01. The minimum atomic E-state index is -0.666. The van der Waals surface area contributed by atoms with Crippen molar-refractivity contribution >= 4 is 34.3 Å². The number of benzene rings is 3. The Balaban J connectivity index is 1.51. The number of fused-ring (bicyclic) bond motifs is 2. The van der Waals surface area contributed by atoms with E-state index in [0.29, 0.717) is 38.6 Å². The van der Waals surface area contributed by atoms with Crippen molar-refractivity contribution in [2.24, 2.45) is 4.99 Å². The number of carbonyl (C=O) groups excluding carboxylic acids is 1. The molecule has 0 fully saturated rings. The van der Waals surface area contributed by atoms with E-state index in [1.54, 1.807) is 30.5 Å². The molecule has 5 aromatic rings. The predicted molar refractivity (Wildman–Crippen MR) is 168 cm³/mol. The van der Waals surface area contributed by atoms with E-state index in [-0.39, 0.29) is 18.0 Å². The number of hydrogen-bond acceptors (Lipinski definition) is 5. The standard InChI is InChI=1S/C35H32FN3O3S/c1-5-42-34(41)31-22(4)37-35-39(32(31)24-16-14-23(15-17-24)21(2)3)33(40)30(43-35)18-26-20-38(29-13-9-7-11-27(26)29)19-25-10-6-8-12-28(25)36/h6-18,20-21,32H,5,19H2,1-4H3. The fraction of sp³-hybridized carbons (Fsp3) is 0.229. The maximum atomic E-state index is 14.5. The third kappa shape index (κ3) is 5.27. The summed E-state index contributed by atoms with van der Waals surface area (Å²) >= 11 is 1.29. The van der Waals surface area contributed by atoms with E-state index in [1.165, 1.54) is 23.0 Å². The zero-order valence-corrected chi connectivity index (χ0v) is 25.3. The van der Waals surface area contributed by atoms with Gasteiger partial charge >= 0.3 is 5.97 Å². The summed E-state index contributed by atoms with van der Waals surface area (Å²) in [4.78, 5) is 32.6. The average Bonchev–Trinajstić information content (AvgIpc) is 3.50. The van der Waals surface area contributed by atoms with Gasteiger partial charge in [-0.1, -0.05) is 85.8 Å². The van der Waals surface area contributed by atoms with Gasteiger partial charge < -0.3 is 9.30 Å². The molecule has 3 heterocycles. The van der Waals surface area contributed by atoms with E-state index in [0.717, 1.165) is 22.0 Å². The number of halogens is 1. The molecule has 0 aliphatic carbocycles. The molecule has 3 aromatic carbocycles. The van der Waals surface area contributed by atoms with Gasteiger partial charge in [0.05, 0.1) is 35.0 Å². The number of ether oxygens (including phenoxy) is 1. The fourth-order valence-electron chi connectivity index (χ4n) is 5.64. The van der Waals surface area contributed by atoms with Gasteiger partial charge in [-0.25, -0.2) is 14.2 Å². The lowest BCUT2D eigenvalue weighted by Gasteiger charge is -2.25. The Morgan fingerprint density at radius 2 is 1.79 bits per heavy atom. The van der Waals surface area contributed by atoms with Gasteiger partial charge in [-0.3, -0.25) is 9.36 Å². The first-order valence-corrected chi connectivity index (χ1v) is 15.2. The van der Waals surface area contributed by atoms with Crippen LogP contribution in [0.2, 0.25) is 0 Å². The number of carbonyl (C=O) groups is 1. The summed E-state index contributed by atoms with van der Waals surface area (Å²) in [6.45, 7) is 8.37. The third-order valence-corrected chi connectivity index (χ3v) is 8.82. The second-order valence-corrected chi connectivity index (χ2v) is 12.0. The highest BCUT2D eigenvalue weighted by atomic mass is 32.1. The lowest BCUT2D eigenvalue weighted by Crippen LogP contribution is -2.39. The molecule has 1 aliphatic rings. The van der Waals surface area contributed by atoms with E-state index in [2.05, 4.69) is 13.8 Å². The molecule has 6 rings (SSSR count). The van der Waals surface area contributed by atoms with Gasteiger partial charge in [0, 0.05) is 28.2 Å². The van der Waals surface area contributed by atoms with Crippen LogP contribution in [0.5, 0.6) is 0 Å². The van der Waals surface area contributed by atoms with Crippen molar-refractivity contribution in [1.82, 2.24) is 9.13 Å². The molecule has 0 saturated carbocycles. The minimum absolute atomic E-state index is 0.218. The molecule has 1 unspecified atom stereocenters. The minimum Gasteiger partial charge on any atom is -0.463 e. The zero-order valence-electron chi connectivity index (χ0n) is 24.5. The molecular formula is C35H32FN3O3S. The van der Waals surface area contributed by atoms with Gasteiger partial charge in [-0.05, 0) is 49.1 Å². The smallest absolute Gasteiger partial charge is 0.338 e. The number of thiazole rings is 1. The molecule has 43 heavy (non-hydrogen) atoms. The largest absolute Gasteiger partial charge is 0.463 e. The van der Waals surface area contributed by atoms with Crippen LogP contribution in [0.4, 0.5) is 4.39 Å². The summed E-state index contributed by atoms with van der Waals surface area (Å²) in [5.74, 6) is -0.394. The number of nitrogens with zero attached hydrogens (tertiary/aromatic N) is 3. The zero-order chi connectivity index (χ0) is 30.2. The topological polar surface area (TPSA) is 65.6 Å². The van der Waals surface area contributed by atoms with E-state index >= 15 is 0 Å². The highest BCUT2D eigenvalue weighted by molar-refractivity contribution is 7.07. The predicted octanol–water partition coefficient (Wildman–Crippen LogP) is 6.06. The molecule has 0 saturated heterocycles. The Bertz CT molecular complexity index is 2070. The molecule has 0 radical (unpaired) electrons. The molecule has 218 valence electrons. The molecular weight excluding hydrogens is 561 g/mol. The average molecular weight is 594 g/mol. The first-order chi connectivity index (χ1) is 20.8. The normalized spacial score (nSPS) is 15.2. The van der Waals surface area contributed by atoms with Crippen LogP contribution in [-0.4, -0.2) is 21.7 Å². The molecule has 0 N–H and O–H groups in total. The SMILES string of the molecule is CCOC(=O)C1=C(C)N=c2sc(=Cc3cn(Cc4ccccc4F)c4ccccc34)c(=O)n2C1c1ccc(C(C)C)cc1. The Kier molecular flexibility index (Phi) is 7.71. The van der Waals surface area contributed by atoms with Crippen LogP contribution in [0.1, 0.15) is 61.9 Å². The van der Waals surface area contributed by atoms with Gasteiger partial charge in [0.1, 0.15) is 5.82 Å². The van der Waals surface area contributed by atoms with Gasteiger partial charge in [0.2, 0.25) is 0 Å². The highest BCUT2D eigenvalue weighted by Gasteiger charge is 2.33. The molecule has 6 nitrogen and oxygen atoms in total. The van der Waals surface area contributed by atoms with Crippen molar-refractivity contribution in [2.45, 2.75) is 46.2 Å². The summed E-state index contributed by atoms with van der Waals surface area (Å²) in [7, 11) is 0. The Hall–Kier alpha value is -4.56. The number of para-hydroxylation sites is 1. The van der Waals surface area contributed by atoms with Crippen molar-refractivity contribution in [2.75, 3.05) is 6.61 Å². The number of rotatable bonds is 7. The van der Waals surface area contributed by atoms with Crippen molar-refractivity contribution in [3.05, 3.63) is 138 Å². The third-order valence-electron chi connectivity index (χ3n) is 7.84. The number of allylic oxidation sites excluding steroid dienone is 1. The summed E-state index contributed by atoms with van der Waals surface area (Å²) in [6, 6.07) is 22.0. The van der Waals surface area contributed by atoms with E-state index < -0.39 is 12.0 Å². The molecule has 1 atom stereocenters.